The van der Waals surface area contributed by atoms with Crippen LogP contribution in [0, 0.1) is 0 Å². The van der Waals surface area contributed by atoms with Crippen LogP contribution in [0.1, 0.15) is 252 Å². The zero-order chi connectivity index (χ0) is 44.9. The van der Waals surface area contributed by atoms with E-state index in [1.807, 2.05) is 0 Å². The molecule has 0 amide bonds. The quantitative estimate of drug-likeness (QED) is 0.0346. The second kappa shape index (κ2) is 52.7. The van der Waals surface area contributed by atoms with Crippen LogP contribution in [0.2, 0.25) is 0 Å². The lowest BCUT2D eigenvalue weighted by atomic mass is 10.1. The van der Waals surface area contributed by atoms with E-state index in [0.29, 0.717) is 19.4 Å². The van der Waals surface area contributed by atoms with Gasteiger partial charge in [-0.05, 0) is 103 Å². The van der Waals surface area contributed by atoms with Crippen LogP contribution in [0.5, 0.6) is 0 Å². The lowest BCUT2D eigenvalue weighted by Gasteiger charge is -2.18. The molecular weight excluding hydrogens is 765 g/mol. The maximum Gasteiger partial charge on any atom is 0.306 e. The highest BCUT2D eigenvalue weighted by Gasteiger charge is 2.17. The number of hydrogen-bond acceptors (Lipinski definition) is 5. The van der Waals surface area contributed by atoms with Crippen LogP contribution in [0.15, 0.2) is 72.9 Å². The summed E-state index contributed by atoms with van der Waals surface area (Å²) in [6, 6.07) is 0. The number of ether oxygens (including phenoxy) is 3. The fourth-order valence-corrected chi connectivity index (χ4v) is 7.24. The number of carbonyl (C=O) groups is 2. The Bertz CT molecular complexity index is 1110. The molecule has 5 nitrogen and oxygen atoms in total. The Morgan fingerprint density at radius 2 is 0.742 bits per heavy atom. The fraction of sp³-hybridized carbons (Fsp3) is 0.754. The van der Waals surface area contributed by atoms with Crippen LogP contribution in [-0.4, -0.2) is 37.9 Å². The van der Waals surface area contributed by atoms with Gasteiger partial charge in [0, 0.05) is 19.4 Å². The molecule has 0 aliphatic carbocycles. The number of esters is 2. The third kappa shape index (κ3) is 50.0. The minimum atomic E-state index is -0.559. The molecule has 1 atom stereocenters. The van der Waals surface area contributed by atoms with E-state index in [2.05, 4.69) is 93.7 Å². The van der Waals surface area contributed by atoms with E-state index in [0.717, 1.165) is 89.9 Å². The smallest absolute Gasteiger partial charge is 0.306 e. The summed E-state index contributed by atoms with van der Waals surface area (Å²) in [4.78, 5) is 25.4. The standard InChI is InChI=1S/C57H100O5/c1-4-7-10-13-16-19-22-24-26-28-29-30-31-33-36-38-41-44-47-50-56(58)61-54-55(62-57(59)51-48-45-42-39-35-21-18-15-12-9-6-3)53-60-52-49-46-43-40-37-34-32-27-25-23-20-17-14-11-8-5-2/h8,11,15,17-18,20,24-27,34,37,55H,4-7,9-10,12-14,16,19,21-23,28-33,35-36,38-54H2,1-3H3/b11-8-,18-15-,20-17-,26-24-,27-25-,37-34-. The SMILES string of the molecule is CC/C=C\C/C=C\C/C=C\C/C=C\CCCCCOCC(COC(=O)CCCCCCCCCCC/C=C\CCCCCCCC)OC(=O)CCCCCCC/C=C\CCCC. The van der Waals surface area contributed by atoms with Gasteiger partial charge in [0.25, 0.3) is 0 Å². The molecule has 0 aromatic carbocycles. The Balaban J connectivity index is 4.27. The molecule has 0 N–H and O–H groups in total. The molecule has 0 bridgehead atoms. The number of rotatable bonds is 48. The van der Waals surface area contributed by atoms with Gasteiger partial charge in [-0.25, -0.2) is 0 Å². The third-order valence-electron chi connectivity index (χ3n) is 11.2. The van der Waals surface area contributed by atoms with Crippen molar-refractivity contribution in [3.63, 3.8) is 0 Å². The second-order valence-electron chi connectivity index (χ2n) is 17.4. The number of allylic oxidation sites excluding steroid dienone is 12. The van der Waals surface area contributed by atoms with Gasteiger partial charge in [0.2, 0.25) is 0 Å². The normalized spacial score (nSPS) is 12.8. The maximum atomic E-state index is 12.8. The predicted octanol–water partition coefficient (Wildman–Crippen LogP) is 17.9. The zero-order valence-electron chi connectivity index (χ0n) is 41.1. The van der Waals surface area contributed by atoms with Crippen molar-refractivity contribution in [2.24, 2.45) is 0 Å². The van der Waals surface area contributed by atoms with Gasteiger partial charge in [0.05, 0.1) is 6.61 Å². The van der Waals surface area contributed by atoms with Gasteiger partial charge < -0.3 is 14.2 Å². The van der Waals surface area contributed by atoms with Crippen molar-refractivity contribution in [1.82, 2.24) is 0 Å². The summed E-state index contributed by atoms with van der Waals surface area (Å²) in [5.41, 5.74) is 0. The summed E-state index contributed by atoms with van der Waals surface area (Å²) in [6.45, 7) is 7.61. The summed E-state index contributed by atoms with van der Waals surface area (Å²) in [7, 11) is 0. The summed E-state index contributed by atoms with van der Waals surface area (Å²) in [5, 5.41) is 0. The molecule has 62 heavy (non-hydrogen) atoms. The van der Waals surface area contributed by atoms with Gasteiger partial charge in [0.1, 0.15) is 6.61 Å². The Labute approximate surface area is 385 Å². The van der Waals surface area contributed by atoms with Gasteiger partial charge >= 0.3 is 11.9 Å². The Kier molecular flexibility index (Phi) is 50.4. The molecule has 0 radical (unpaired) electrons. The van der Waals surface area contributed by atoms with E-state index in [9.17, 15) is 9.59 Å². The van der Waals surface area contributed by atoms with E-state index >= 15 is 0 Å². The van der Waals surface area contributed by atoms with Crippen molar-refractivity contribution in [3.05, 3.63) is 72.9 Å². The van der Waals surface area contributed by atoms with Crippen LogP contribution in [0.4, 0.5) is 0 Å². The monoisotopic (exact) mass is 865 g/mol. The van der Waals surface area contributed by atoms with E-state index in [1.54, 1.807) is 0 Å². The molecule has 0 spiro atoms. The lowest BCUT2D eigenvalue weighted by Crippen LogP contribution is -2.30. The van der Waals surface area contributed by atoms with Gasteiger partial charge in [-0.1, -0.05) is 209 Å². The topological polar surface area (TPSA) is 61.8 Å². The zero-order valence-corrected chi connectivity index (χ0v) is 41.1. The van der Waals surface area contributed by atoms with Gasteiger partial charge in [0.15, 0.2) is 6.10 Å². The summed E-state index contributed by atoms with van der Waals surface area (Å²) in [6.07, 6.45) is 67.7. The first-order valence-electron chi connectivity index (χ1n) is 26.5. The van der Waals surface area contributed by atoms with E-state index in [1.165, 1.54) is 128 Å². The van der Waals surface area contributed by atoms with Crippen LogP contribution in [0.25, 0.3) is 0 Å². The summed E-state index contributed by atoms with van der Waals surface area (Å²) in [5.74, 6) is -0.426. The van der Waals surface area contributed by atoms with Gasteiger partial charge in [-0.15, -0.1) is 0 Å². The highest BCUT2D eigenvalue weighted by Crippen LogP contribution is 2.14. The van der Waals surface area contributed by atoms with E-state index in [-0.39, 0.29) is 25.2 Å². The Hall–Kier alpha value is -2.66. The molecule has 0 fully saturated rings. The first-order chi connectivity index (χ1) is 30.6. The summed E-state index contributed by atoms with van der Waals surface area (Å²) >= 11 is 0. The number of hydrogen-bond donors (Lipinski definition) is 0. The molecule has 0 saturated heterocycles. The molecule has 0 rings (SSSR count). The highest BCUT2D eigenvalue weighted by atomic mass is 16.6. The number of unbranched alkanes of at least 4 members (excludes halogenated alkanes) is 25. The molecular formula is C57H100O5. The van der Waals surface area contributed by atoms with Crippen molar-refractivity contribution in [2.45, 2.75) is 258 Å². The van der Waals surface area contributed by atoms with Crippen LogP contribution < -0.4 is 0 Å². The van der Waals surface area contributed by atoms with Crippen LogP contribution in [0.3, 0.4) is 0 Å². The largest absolute Gasteiger partial charge is 0.462 e. The summed E-state index contributed by atoms with van der Waals surface area (Å²) < 4.78 is 17.4. The van der Waals surface area contributed by atoms with Crippen molar-refractivity contribution in [3.8, 4) is 0 Å². The third-order valence-corrected chi connectivity index (χ3v) is 11.2. The predicted molar refractivity (Wildman–Crippen MR) is 270 cm³/mol. The van der Waals surface area contributed by atoms with Gasteiger partial charge in [-0.3, -0.25) is 9.59 Å². The first kappa shape index (κ1) is 59.3. The minimum Gasteiger partial charge on any atom is -0.462 e. The molecule has 358 valence electrons. The number of carbonyl (C=O) groups excluding carboxylic acids is 2. The molecule has 0 aromatic rings. The average molecular weight is 865 g/mol. The first-order valence-corrected chi connectivity index (χ1v) is 26.5. The molecule has 0 heterocycles. The molecule has 5 heteroatoms. The van der Waals surface area contributed by atoms with Crippen molar-refractivity contribution >= 4 is 11.9 Å². The Morgan fingerprint density at radius 3 is 1.23 bits per heavy atom. The van der Waals surface area contributed by atoms with Crippen molar-refractivity contribution < 1.29 is 23.8 Å². The minimum absolute atomic E-state index is 0.0666. The lowest BCUT2D eigenvalue weighted by molar-refractivity contribution is -0.163. The molecule has 0 aliphatic rings. The molecule has 1 unspecified atom stereocenters. The highest BCUT2D eigenvalue weighted by molar-refractivity contribution is 5.70. The molecule has 0 saturated carbocycles. The van der Waals surface area contributed by atoms with Crippen molar-refractivity contribution in [2.75, 3.05) is 19.8 Å². The van der Waals surface area contributed by atoms with Crippen molar-refractivity contribution in [1.29, 1.82) is 0 Å². The molecule has 0 aliphatic heterocycles. The van der Waals surface area contributed by atoms with E-state index < -0.39 is 6.10 Å². The van der Waals surface area contributed by atoms with Crippen LogP contribution >= 0.6 is 0 Å². The maximum absolute atomic E-state index is 12.8. The molecule has 0 aromatic heterocycles. The van der Waals surface area contributed by atoms with Gasteiger partial charge in [-0.2, -0.15) is 0 Å². The average Bonchev–Trinajstić information content (AvgIpc) is 3.27. The van der Waals surface area contributed by atoms with E-state index in [4.69, 9.17) is 14.2 Å². The fourth-order valence-electron chi connectivity index (χ4n) is 7.24. The van der Waals surface area contributed by atoms with Crippen LogP contribution in [-0.2, 0) is 23.8 Å². The second-order valence-corrected chi connectivity index (χ2v) is 17.4. The Morgan fingerprint density at radius 1 is 0.371 bits per heavy atom.